The average Bonchev–Trinajstić information content (AvgIpc) is 2.50. The van der Waals surface area contributed by atoms with E-state index in [2.05, 4.69) is 21.2 Å². The molecule has 0 radical (unpaired) electrons. The van der Waals surface area contributed by atoms with Crippen LogP contribution in [0, 0.1) is 5.41 Å². The number of piperidine rings is 1. The maximum absolute atomic E-state index is 5.71. The lowest BCUT2D eigenvalue weighted by atomic mass is 9.79. The highest BCUT2D eigenvalue weighted by Crippen LogP contribution is 2.38. The first kappa shape index (κ1) is 8.97. The molecule has 0 bridgehead atoms. The fraction of sp³-hybridized carbons (Fsp3) is 1.00. The molecular weight excluding hydrogens is 218 g/mol. The molecule has 2 atom stereocenters. The molecule has 0 unspecified atom stereocenters. The van der Waals surface area contributed by atoms with E-state index in [1.165, 1.54) is 25.8 Å². The molecule has 0 saturated carbocycles. The van der Waals surface area contributed by atoms with Crippen molar-refractivity contribution in [2.75, 3.05) is 25.0 Å². The third-order valence-corrected chi connectivity index (χ3v) is 3.74. The van der Waals surface area contributed by atoms with E-state index in [0.29, 0.717) is 11.5 Å². The van der Waals surface area contributed by atoms with Crippen LogP contribution in [-0.4, -0.2) is 31.1 Å². The summed E-state index contributed by atoms with van der Waals surface area (Å²) < 4.78 is 5.71. The summed E-state index contributed by atoms with van der Waals surface area (Å²) in [6.07, 6.45) is 4.37. The van der Waals surface area contributed by atoms with Gasteiger partial charge in [-0.15, -0.1) is 0 Å². The third-order valence-electron chi connectivity index (χ3n) is 3.02. The van der Waals surface area contributed by atoms with Gasteiger partial charge in [-0.1, -0.05) is 15.9 Å². The lowest BCUT2D eigenvalue weighted by Gasteiger charge is -2.32. The summed E-state index contributed by atoms with van der Waals surface area (Å²) in [5, 5.41) is 4.46. The lowest BCUT2D eigenvalue weighted by Crippen LogP contribution is -2.40. The van der Waals surface area contributed by atoms with Crippen LogP contribution in [-0.2, 0) is 4.74 Å². The Kier molecular flexibility index (Phi) is 2.72. The van der Waals surface area contributed by atoms with Crippen molar-refractivity contribution in [3.8, 4) is 0 Å². The van der Waals surface area contributed by atoms with Crippen LogP contribution in [0.4, 0.5) is 0 Å². The Morgan fingerprint density at radius 1 is 1.58 bits per heavy atom. The molecule has 2 nitrogen and oxygen atoms in total. The van der Waals surface area contributed by atoms with Crippen molar-refractivity contribution in [1.29, 1.82) is 0 Å². The van der Waals surface area contributed by atoms with Gasteiger partial charge < -0.3 is 10.1 Å². The average molecular weight is 234 g/mol. The zero-order valence-electron chi connectivity index (χ0n) is 7.31. The van der Waals surface area contributed by atoms with E-state index < -0.39 is 0 Å². The number of nitrogens with one attached hydrogen (secondary N) is 1. The van der Waals surface area contributed by atoms with Gasteiger partial charge >= 0.3 is 0 Å². The monoisotopic (exact) mass is 233 g/mol. The van der Waals surface area contributed by atoms with Gasteiger partial charge in [0.15, 0.2) is 0 Å². The highest BCUT2D eigenvalue weighted by molar-refractivity contribution is 9.09. The van der Waals surface area contributed by atoms with Crippen molar-refractivity contribution in [2.45, 2.75) is 25.4 Å². The first-order valence-corrected chi connectivity index (χ1v) is 5.85. The number of ether oxygens (including phenoxy) is 1. The first-order valence-electron chi connectivity index (χ1n) is 4.73. The van der Waals surface area contributed by atoms with Crippen molar-refractivity contribution < 1.29 is 4.74 Å². The number of halogens is 1. The van der Waals surface area contributed by atoms with Crippen molar-refractivity contribution >= 4 is 15.9 Å². The second kappa shape index (κ2) is 3.64. The Labute approximate surface area is 82.2 Å². The Morgan fingerprint density at radius 2 is 2.50 bits per heavy atom. The van der Waals surface area contributed by atoms with E-state index in [1.807, 2.05) is 0 Å². The maximum Gasteiger partial charge on any atom is 0.0678 e. The van der Waals surface area contributed by atoms with E-state index in [0.717, 1.165) is 18.5 Å². The van der Waals surface area contributed by atoms with Crippen LogP contribution in [0.2, 0.25) is 0 Å². The van der Waals surface area contributed by atoms with Gasteiger partial charge in [0.25, 0.3) is 0 Å². The van der Waals surface area contributed by atoms with Gasteiger partial charge in [0.2, 0.25) is 0 Å². The van der Waals surface area contributed by atoms with Gasteiger partial charge in [0.05, 0.1) is 12.7 Å². The first-order chi connectivity index (χ1) is 5.85. The standard InChI is InChI=1S/C9H16BrNO/c10-5-8-4-9(7-12-8)2-1-3-11-6-9/h8,11H,1-7H2/t8-,9-/m1/s1. The van der Waals surface area contributed by atoms with E-state index in [-0.39, 0.29) is 0 Å². The minimum atomic E-state index is 0.463. The van der Waals surface area contributed by atoms with E-state index >= 15 is 0 Å². The summed E-state index contributed by atoms with van der Waals surface area (Å²) in [5.41, 5.74) is 0.483. The van der Waals surface area contributed by atoms with Crippen molar-refractivity contribution in [3.05, 3.63) is 0 Å². The third kappa shape index (κ3) is 1.68. The molecule has 0 aromatic rings. The lowest BCUT2D eigenvalue weighted by molar-refractivity contribution is 0.0997. The summed E-state index contributed by atoms with van der Waals surface area (Å²) in [6, 6.07) is 0. The van der Waals surface area contributed by atoms with Gasteiger partial charge in [0, 0.05) is 17.3 Å². The number of hydrogen-bond donors (Lipinski definition) is 1. The highest BCUT2D eigenvalue weighted by Gasteiger charge is 2.40. The predicted octanol–water partition coefficient (Wildman–Crippen LogP) is 1.54. The van der Waals surface area contributed by atoms with Gasteiger partial charge in [0.1, 0.15) is 0 Å². The maximum atomic E-state index is 5.71. The second-order valence-corrected chi connectivity index (χ2v) is 4.72. The summed E-state index contributed by atoms with van der Waals surface area (Å²) >= 11 is 3.48. The normalized spacial score (nSPS) is 42.2. The quantitative estimate of drug-likeness (QED) is 0.695. The van der Waals surface area contributed by atoms with Gasteiger partial charge in [-0.3, -0.25) is 0 Å². The molecule has 2 fully saturated rings. The van der Waals surface area contributed by atoms with Gasteiger partial charge in [-0.05, 0) is 25.8 Å². The molecule has 3 heteroatoms. The molecule has 2 aliphatic rings. The largest absolute Gasteiger partial charge is 0.377 e. The Balaban J connectivity index is 1.94. The molecule has 0 aliphatic carbocycles. The molecule has 2 heterocycles. The van der Waals surface area contributed by atoms with E-state index in [4.69, 9.17) is 4.74 Å². The van der Waals surface area contributed by atoms with Gasteiger partial charge in [-0.2, -0.15) is 0 Å². The number of alkyl halides is 1. The highest BCUT2D eigenvalue weighted by atomic mass is 79.9. The molecule has 2 saturated heterocycles. The van der Waals surface area contributed by atoms with Crippen molar-refractivity contribution in [3.63, 3.8) is 0 Å². The SMILES string of the molecule is BrC[C@H]1C[C@@]2(CCCNC2)CO1. The van der Waals surface area contributed by atoms with Crippen LogP contribution in [0.5, 0.6) is 0 Å². The summed E-state index contributed by atoms with van der Waals surface area (Å²) in [6.45, 7) is 3.33. The van der Waals surface area contributed by atoms with Crippen LogP contribution < -0.4 is 5.32 Å². The fourth-order valence-corrected chi connectivity index (χ4v) is 2.74. The van der Waals surface area contributed by atoms with Crippen LogP contribution in [0.3, 0.4) is 0 Å². The Hall–Kier alpha value is 0.400. The molecule has 1 N–H and O–H groups in total. The zero-order valence-corrected chi connectivity index (χ0v) is 8.90. The van der Waals surface area contributed by atoms with Crippen LogP contribution >= 0.6 is 15.9 Å². The van der Waals surface area contributed by atoms with Crippen LogP contribution in [0.15, 0.2) is 0 Å². The van der Waals surface area contributed by atoms with Crippen molar-refractivity contribution in [2.24, 2.45) is 5.41 Å². The molecule has 0 amide bonds. The predicted molar refractivity (Wildman–Crippen MR) is 52.7 cm³/mol. The summed E-state index contributed by atoms with van der Waals surface area (Å²) in [4.78, 5) is 0. The fourth-order valence-electron chi connectivity index (χ4n) is 2.32. The molecule has 2 aliphatic heterocycles. The smallest absolute Gasteiger partial charge is 0.0678 e. The van der Waals surface area contributed by atoms with E-state index in [9.17, 15) is 0 Å². The molecule has 0 aromatic heterocycles. The van der Waals surface area contributed by atoms with Crippen LogP contribution in [0.25, 0.3) is 0 Å². The van der Waals surface area contributed by atoms with Crippen molar-refractivity contribution in [1.82, 2.24) is 5.32 Å². The van der Waals surface area contributed by atoms with Crippen LogP contribution in [0.1, 0.15) is 19.3 Å². The molecule has 2 rings (SSSR count). The van der Waals surface area contributed by atoms with E-state index in [1.54, 1.807) is 0 Å². The van der Waals surface area contributed by atoms with Gasteiger partial charge in [-0.25, -0.2) is 0 Å². The number of hydrogen-bond acceptors (Lipinski definition) is 2. The Morgan fingerprint density at radius 3 is 3.08 bits per heavy atom. The minimum Gasteiger partial charge on any atom is -0.377 e. The Bertz CT molecular complexity index is 157. The molecule has 0 aromatic carbocycles. The number of rotatable bonds is 1. The topological polar surface area (TPSA) is 21.3 Å². The minimum absolute atomic E-state index is 0.463. The summed E-state index contributed by atoms with van der Waals surface area (Å²) in [5.74, 6) is 0. The molecule has 70 valence electrons. The molecular formula is C9H16BrNO. The second-order valence-electron chi connectivity index (χ2n) is 4.07. The summed E-state index contributed by atoms with van der Waals surface area (Å²) in [7, 11) is 0. The molecule has 1 spiro atoms. The molecule has 12 heavy (non-hydrogen) atoms. The zero-order chi connectivity index (χ0) is 8.44.